The van der Waals surface area contributed by atoms with E-state index in [-0.39, 0.29) is 31.3 Å². The molecule has 2 N–H and O–H groups in total. The van der Waals surface area contributed by atoms with Crippen molar-refractivity contribution in [2.45, 2.75) is 33.3 Å². The van der Waals surface area contributed by atoms with Gasteiger partial charge in [-0.1, -0.05) is 0 Å². The van der Waals surface area contributed by atoms with Crippen molar-refractivity contribution < 1.29 is 29.3 Å². The van der Waals surface area contributed by atoms with Gasteiger partial charge < -0.3 is 19.7 Å². The van der Waals surface area contributed by atoms with Gasteiger partial charge in [-0.15, -0.1) is 0 Å². The minimum Gasteiger partial charge on any atom is -0.466 e. The fourth-order valence-electron chi connectivity index (χ4n) is 0.711. The highest BCUT2D eigenvalue weighted by molar-refractivity contribution is 5.66. The highest BCUT2D eigenvalue weighted by Gasteiger charge is 2.05. The van der Waals surface area contributed by atoms with Crippen molar-refractivity contribution >= 4 is 11.9 Å². The molecule has 0 aromatic carbocycles. The van der Waals surface area contributed by atoms with E-state index in [9.17, 15) is 9.59 Å². The molecule has 0 fully saturated rings. The zero-order valence-corrected chi connectivity index (χ0v) is 9.93. The fourth-order valence-corrected chi connectivity index (χ4v) is 0.711. The maximum Gasteiger partial charge on any atom is 0.302 e. The van der Waals surface area contributed by atoms with Crippen LogP contribution in [0.4, 0.5) is 0 Å². The van der Waals surface area contributed by atoms with Gasteiger partial charge in [0.2, 0.25) is 0 Å². The number of rotatable bonds is 5. The standard InChI is InChI=1S/C8H14O4.C2H6O2/c1-6(12-8(3)10)4-5-11-7(2)9;3-1-2-4/h6H,4-5H2,1-3H3;3-4H,1-2H2. The SMILES string of the molecule is CC(=O)OCCC(C)OC(C)=O.OCCO. The van der Waals surface area contributed by atoms with E-state index in [4.69, 9.17) is 14.9 Å². The summed E-state index contributed by atoms with van der Waals surface area (Å²) >= 11 is 0. The minimum absolute atomic E-state index is 0.125. The molecule has 0 aliphatic heterocycles. The number of carbonyl (C=O) groups excluding carboxylic acids is 2. The van der Waals surface area contributed by atoms with Crippen LogP contribution in [0.3, 0.4) is 0 Å². The molecule has 1 unspecified atom stereocenters. The molecule has 96 valence electrons. The Bertz CT molecular complexity index is 190. The van der Waals surface area contributed by atoms with Crippen LogP contribution in [0.1, 0.15) is 27.2 Å². The van der Waals surface area contributed by atoms with Gasteiger partial charge in [0.05, 0.1) is 19.8 Å². The maximum absolute atomic E-state index is 10.4. The first-order chi connectivity index (χ1) is 7.43. The molecule has 1 atom stereocenters. The van der Waals surface area contributed by atoms with Gasteiger partial charge in [0.15, 0.2) is 0 Å². The second-order valence-corrected chi connectivity index (χ2v) is 3.00. The topological polar surface area (TPSA) is 93.1 Å². The lowest BCUT2D eigenvalue weighted by atomic mass is 10.3. The quantitative estimate of drug-likeness (QED) is 0.645. The van der Waals surface area contributed by atoms with Crippen LogP contribution < -0.4 is 0 Å². The van der Waals surface area contributed by atoms with Gasteiger partial charge in [-0.25, -0.2) is 0 Å². The molecular formula is C10H20O6. The monoisotopic (exact) mass is 236 g/mol. The smallest absolute Gasteiger partial charge is 0.302 e. The molecule has 0 aliphatic carbocycles. The van der Waals surface area contributed by atoms with Crippen molar-refractivity contribution in [1.82, 2.24) is 0 Å². The minimum atomic E-state index is -0.315. The number of hydrogen-bond donors (Lipinski definition) is 2. The van der Waals surface area contributed by atoms with E-state index < -0.39 is 0 Å². The number of aliphatic hydroxyl groups is 2. The Labute approximate surface area is 95.2 Å². The molecule has 6 heteroatoms. The van der Waals surface area contributed by atoms with E-state index in [1.165, 1.54) is 13.8 Å². The average Bonchev–Trinajstić information content (AvgIpc) is 2.16. The predicted molar refractivity (Wildman–Crippen MR) is 56.6 cm³/mol. The molecule has 0 aliphatic rings. The third kappa shape index (κ3) is 18.6. The first-order valence-electron chi connectivity index (χ1n) is 4.96. The fraction of sp³-hybridized carbons (Fsp3) is 0.800. The normalized spacial score (nSPS) is 10.8. The van der Waals surface area contributed by atoms with Crippen LogP contribution in [-0.4, -0.2) is 48.1 Å². The molecule has 0 amide bonds. The van der Waals surface area contributed by atoms with Crippen molar-refractivity contribution in [2.75, 3.05) is 19.8 Å². The molecule has 16 heavy (non-hydrogen) atoms. The number of esters is 2. The molecule has 0 radical (unpaired) electrons. The zero-order valence-electron chi connectivity index (χ0n) is 9.93. The Hall–Kier alpha value is -1.14. The van der Waals surface area contributed by atoms with Gasteiger partial charge in [-0.3, -0.25) is 9.59 Å². The number of carbonyl (C=O) groups is 2. The molecule has 0 rings (SSSR count). The summed E-state index contributed by atoms with van der Waals surface area (Å²) < 4.78 is 9.47. The second-order valence-electron chi connectivity index (χ2n) is 3.00. The van der Waals surface area contributed by atoms with Crippen LogP contribution in [-0.2, 0) is 19.1 Å². The molecule has 0 aromatic rings. The molecule has 6 nitrogen and oxygen atoms in total. The van der Waals surface area contributed by atoms with E-state index in [2.05, 4.69) is 4.74 Å². The van der Waals surface area contributed by atoms with Crippen LogP contribution in [0.2, 0.25) is 0 Å². The van der Waals surface area contributed by atoms with Crippen LogP contribution in [0, 0.1) is 0 Å². The van der Waals surface area contributed by atoms with Crippen LogP contribution in [0.15, 0.2) is 0 Å². The summed E-state index contributed by atoms with van der Waals surface area (Å²) in [5.41, 5.74) is 0. The van der Waals surface area contributed by atoms with Gasteiger partial charge in [-0.2, -0.15) is 0 Å². The van der Waals surface area contributed by atoms with Crippen LogP contribution >= 0.6 is 0 Å². The third-order valence-corrected chi connectivity index (χ3v) is 1.30. The summed E-state index contributed by atoms with van der Waals surface area (Å²) in [6, 6.07) is 0. The average molecular weight is 236 g/mol. The summed E-state index contributed by atoms with van der Waals surface area (Å²) in [6.45, 7) is 4.49. The van der Waals surface area contributed by atoms with Crippen molar-refractivity contribution in [2.24, 2.45) is 0 Å². The molecule has 0 heterocycles. The maximum atomic E-state index is 10.4. The third-order valence-electron chi connectivity index (χ3n) is 1.30. The number of hydrogen-bond acceptors (Lipinski definition) is 6. The summed E-state index contributed by atoms with van der Waals surface area (Å²) in [5, 5.41) is 15.2. The lowest BCUT2D eigenvalue weighted by molar-refractivity contribution is -0.147. The zero-order chi connectivity index (χ0) is 13.0. The van der Waals surface area contributed by atoms with Crippen LogP contribution in [0.25, 0.3) is 0 Å². The summed E-state index contributed by atoms with van der Waals surface area (Å²) in [4.78, 5) is 20.7. The van der Waals surface area contributed by atoms with E-state index >= 15 is 0 Å². The van der Waals surface area contributed by atoms with E-state index in [0.29, 0.717) is 13.0 Å². The Morgan fingerprint density at radius 3 is 1.94 bits per heavy atom. The largest absolute Gasteiger partial charge is 0.466 e. The molecule has 0 aromatic heterocycles. The van der Waals surface area contributed by atoms with Gasteiger partial charge in [0.25, 0.3) is 0 Å². The van der Waals surface area contributed by atoms with Crippen molar-refractivity contribution in [3.8, 4) is 0 Å². The van der Waals surface area contributed by atoms with Gasteiger partial charge in [0, 0.05) is 20.3 Å². The number of ether oxygens (including phenoxy) is 2. The molecule has 0 bridgehead atoms. The second kappa shape index (κ2) is 11.9. The summed E-state index contributed by atoms with van der Waals surface area (Å²) in [7, 11) is 0. The Morgan fingerprint density at radius 2 is 1.62 bits per heavy atom. The Morgan fingerprint density at radius 1 is 1.12 bits per heavy atom. The summed E-state index contributed by atoms with van der Waals surface area (Å²) in [5.74, 6) is -0.629. The first kappa shape index (κ1) is 17.3. The highest BCUT2D eigenvalue weighted by atomic mass is 16.6. The van der Waals surface area contributed by atoms with E-state index in [0.717, 1.165) is 0 Å². The molecule has 0 saturated carbocycles. The van der Waals surface area contributed by atoms with Gasteiger partial charge >= 0.3 is 11.9 Å². The predicted octanol–water partition coefficient (Wildman–Crippen LogP) is -0.138. The molecular weight excluding hydrogens is 216 g/mol. The van der Waals surface area contributed by atoms with Gasteiger partial charge in [-0.05, 0) is 6.92 Å². The first-order valence-corrected chi connectivity index (χ1v) is 4.96. The van der Waals surface area contributed by atoms with E-state index in [1.807, 2.05) is 0 Å². The molecule has 0 spiro atoms. The molecule has 0 saturated heterocycles. The van der Waals surface area contributed by atoms with Crippen molar-refractivity contribution in [3.05, 3.63) is 0 Å². The lowest BCUT2D eigenvalue weighted by Crippen LogP contribution is -2.15. The lowest BCUT2D eigenvalue weighted by Gasteiger charge is -2.10. The Kier molecular flexibility index (Phi) is 12.9. The Balaban J connectivity index is 0. The highest BCUT2D eigenvalue weighted by Crippen LogP contribution is 1.97. The van der Waals surface area contributed by atoms with Crippen molar-refractivity contribution in [1.29, 1.82) is 0 Å². The van der Waals surface area contributed by atoms with E-state index in [1.54, 1.807) is 6.92 Å². The number of aliphatic hydroxyl groups excluding tert-OH is 2. The summed E-state index contributed by atoms with van der Waals surface area (Å²) in [6.07, 6.45) is 0.348. The van der Waals surface area contributed by atoms with Gasteiger partial charge in [0.1, 0.15) is 6.10 Å². The van der Waals surface area contributed by atoms with Crippen molar-refractivity contribution in [3.63, 3.8) is 0 Å². The van der Waals surface area contributed by atoms with Crippen LogP contribution in [0.5, 0.6) is 0 Å².